The van der Waals surface area contributed by atoms with Gasteiger partial charge in [-0.1, -0.05) is 12.1 Å². The van der Waals surface area contributed by atoms with Gasteiger partial charge in [-0.2, -0.15) is 0 Å². The van der Waals surface area contributed by atoms with Gasteiger partial charge in [0.2, 0.25) is 0 Å². The molecule has 152 valence electrons. The Kier molecular flexibility index (Phi) is 8.23. The topological polar surface area (TPSA) is 115 Å². The van der Waals surface area contributed by atoms with Crippen LogP contribution < -0.4 is 20.7 Å². The zero-order chi connectivity index (χ0) is 21.2. The van der Waals surface area contributed by atoms with Crippen molar-refractivity contribution in [2.24, 2.45) is 0 Å². The molecule has 1 aliphatic heterocycles. The third-order valence-corrected chi connectivity index (χ3v) is 4.49. The van der Waals surface area contributed by atoms with Crippen LogP contribution >= 0.6 is 11.8 Å². The molecule has 1 aliphatic rings. The molecule has 1 saturated heterocycles. The molecule has 0 radical (unpaired) electrons. The molecule has 0 unspecified atom stereocenters. The monoisotopic (exact) mass is 414 g/mol. The van der Waals surface area contributed by atoms with Gasteiger partial charge >= 0.3 is 0 Å². The number of pyridine rings is 1. The maximum atomic E-state index is 11.5. The van der Waals surface area contributed by atoms with Crippen molar-refractivity contribution in [2.75, 3.05) is 30.8 Å². The maximum Gasteiger partial charge on any atom is 0.290 e. The quantitative estimate of drug-likeness (QED) is 0.548. The van der Waals surface area contributed by atoms with E-state index in [1.54, 1.807) is 12.3 Å². The van der Waals surface area contributed by atoms with Crippen LogP contribution in [0.4, 0.5) is 16.3 Å². The lowest BCUT2D eigenvalue weighted by Crippen LogP contribution is -2.24. The number of carbonyl (C=O) groups is 3. The number of anilines is 2. The van der Waals surface area contributed by atoms with E-state index in [4.69, 9.17) is 15.3 Å². The van der Waals surface area contributed by atoms with E-state index in [9.17, 15) is 9.59 Å². The molecular formula is C20H22N4O4S. The molecule has 2 amide bonds. The second kappa shape index (κ2) is 10.9. The summed E-state index contributed by atoms with van der Waals surface area (Å²) in [6, 6.07) is 11.0. The zero-order valence-corrected chi connectivity index (χ0v) is 16.9. The van der Waals surface area contributed by atoms with Gasteiger partial charge in [-0.25, -0.2) is 4.98 Å². The number of nitrogens with one attached hydrogen (secondary N) is 1. The molecule has 1 aromatic heterocycles. The molecule has 1 aromatic carbocycles. The van der Waals surface area contributed by atoms with Crippen LogP contribution in [0.1, 0.15) is 12.5 Å². The van der Waals surface area contributed by atoms with E-state index in [0.29, 0.717) is 23.7 Å². The van der Waals surface area contributed by atoms with Gasteiger partial charge in [0.25, 0.3) is 11.1 Å². The Morgan fingerprint density at radius 2 is 1.90 bits per heavy atom. The van der Waals surface area contributed by atoms with Crippen molar-refractivity contribution in [3.8, 4) is 5.75 Å². The first kappa shape index (κ1) is 22.0. The van der Waals surface area contributed by atoms with Gasteiger partial charge in [-0.3, -0.25) is 14.9 Å². The molecule has 0 aliphatic carbocycles. The van der Waals surface area contributed by atoms with E-state index in [2.05, 4.69) is 10.3 Å². The van der Waals surface area contributed by atoms with Gasteiger partial charge in [0.1, 0.15) is 24.5 Å². The van der Waals surface area contributed by atoms with E-state index in [-0.39, 0.29) is 11.1 Å². The fourth-order valence-corrected chi connectivity index (χ4v) is 2.95. The number of carbonyl (C=O) groups excluding carboxylic acids is 3. The number of rotatable bonds is 6. The lowest BCUT2D eigenvalue weighted by Gasteiger charge is -2.18. The second-order valence-electron chi connectivity index (χ2n) is 5.88. The lowest BCUT2D eigenvalue weighted by atomic mass is 10.2. The van der Waals surface area contributed by atoms with Crippen molar-refractivity contribution in [2.45, 2.75) is 6.92 Å². The average molecular weight is 414 g/mol. The van der Waals surface area contributed by atoms with Crippen LogP contribution in [0.15, 0.2) is 47.5 Å². The third-order valence-electron chi connectivity index (χ3n) is 3.68. The number of aldehydes is 1. The Morgan fingerprint density at radius 1 is 1.21 bits per heavy atom. The number of aromatic nitrogens is 1. The van der Waals surface area contributed by atoms with Gasteiger partial charge in [-0.05, 0) is 54.6 Å². The number of hydrogen-bond acceptors (Lipinski definition) is 8. The van der Waals surface area contributed by atoms with Gasteiger partial charge in [0, 0.05) is 7.05 Å². The number of benzene rings is 1. The highest BCUT2D eigenvalue weighted by atomic mass is 32.2. The molecule has 2 heterocycles. The summed E-state index contributed by atoms with van der Waals surface area (Å²) in [6.07, 6.45) is 4.05. The number of imide groups is 1. The molecule has 3 rings (SSSR count). The predicted molar refractivity (Wildman–Crippen MR) is 115 cm³/mol. The Balaban J connectivity index is 0.000000941. The molecule has 8 nitrogen and oxygen atoms in total. The number of amides is 2. The minimum absolute atomic E-state index is 0.346. The molecule has 0 saturated carbocycles. The van der Waals surface area contributed by atoms with Crippen LogP contribution in [-0.4, -0.2) is 42.6 Å². The van der Waals surface area contributed by atoms with Crippen LogP contribution in [0.2, 0.25) is 0 Å². The number of thioether (sulfide) groups is 1. The van der Waals surface area contributed by atoms with Crippen LogP contribution in [0.5, 0.6) is 5.75 Å². The molecular weight excluding hydrogens is 392 g/mol. The number of hydrogen-bond donors (Lipinski definition) is 2. The smallest absolute Gasteiger partial charge is 0.290 e. The highest BCUT2D eigenvalue weighted by Gasteiger charge is 2.24. The van der Waals surface area contributed by atoms with Crippen molar-refractivity contribution in [1.82, 2.24) is 10.3 Å². The largest absolute Gasteiger partial charge is 0.492 e. The Bertz CT molecular complexity index is 882. The summed E-state index contributed by atoms with van der Waals surface area (Å²) in [5.41, 5.74) is 7.09. The Morgan fingerprint density at radius 3 is 2.45 bits per heavy atom. The third kappa shape index (κ3) is 6.96. The van der Waals surface area contributed by atoms with Crippen LogP contribution in [0.25, 0.3) is 6.08 Å². The second-order valence-corrected chi connectivity index (χ2v) is 6.89. The average Bonchev–Trinajstić information content (AvgIpc) is 3.01. The van der Waals surface area contributed by atoms with Crippen molar-refractivity contribution in [1.29, 1.82) is 0 Å². The first-order chi connectivity index (χ1) is 13.9. The van der Waals surface area contributed by atoms with Gasteiger partial charge in [0.05, 0.1) is 23.3 Å². The number of nitrogens with zero attached hydrogens (tertiary/aromatic N) is 2. The molecule has 0 spiro atoms. The van der Waals surface area contributed by atoms with Crippen LogP contribution in [0.3, 0.4) is 0 Å². The lowest BCUT2D eigenvalue weighted by molar-refractivity contribution is -0.115. The molecule has 0 bridgehead atoms. The van der Waals surface area contributed by atoms with Crippen molar-refractivity contribution < 1.29 is 19.1 Å². The van der Waals surface area contributed by atoms with Gasteiger partial charge in [0.15, 0.2) is 0 Å². The molecule has 3 N–H and O–H groups in total. The molecule has 0 atom stereocenters. The Labute approximate surface area is 173 Å². The number of likely N-dealkylation sites (N-methyl/N-ethyl adjacent to an activating group) is 1. The van der Waals surface area contributed by atoms with Crippen LogP contribution in [0, 0.1) is 0 Å². The van der Waals surface area contributed by atoms with E-state index in [0.717, 1.165) is 35.2 Å². The number of nitrogens with two attached hydrogens (primary N) is 1. The highest BCUT2D eigenvalue weighted by Crippen LogP contribution is 2.26. The number of nitrogen functional groups attached to an aromatic ring is 1. The highest BCUT2D eigenvalue weighted by molar-refractivity contribution is 8.18. The normalized spacial score (nSPS) is 14.1. The van der Waals surface area contributed by atoms with E-state index in [1.807, 2.05) is 48.3 Å². The molecule has 2 aromatic rings. The summed E-state index contributed by atoms with van der Waals surface area (Å²) in [6.45, 7) is 2.61. The fraction of sp³-hybridized carbons (Fsp3) is 0.200. The minimum Gasteiger partial charge on any atom is -0.492 e. The predicted octanol–water partition coefficient (Wildman–Crippen LogP) is 2.71. The van der Waals surface area contributed by atoms with Crippen LogP contribution in [-0.2, 0) is 9.59 Å². The standard InChI is InChI=1S/C18H18N4O3S.C2H4O/c1-22(16-7-4-13(19)11-20-16)8-9-25-14-5-2-12(3-6-14)10-15-17(23)21-18(24)26-15;1-2-3/h2-7,10-11H,8-9,19H2,1H3,(H,21,23,24);2H,1H3/b15-10+;. The first-order valence-electron chi connectivity index (χ1n) is 8.73. The maximum absolute atomic E-state index is 11.5. The van der Waals surface area contributed by atoms with Gasteiger partial charge < -0.3 is 20.2 Å². The minimum atomic E-state index is -0.361. The molecule has 1 fully saturated rings. The van der Waals surface area contributed by atoms with E-state index >= 15 is 0 Å². The summed E-state index contributed by atoms with van der Waals surface area (Å²) in [5.74, 6) is 1.19. The SMILES string of the molecule is CC=O.CN(CCOc1ccc(/C=C2/SC(=O)NC2=O)cc1)c1ccc(N)cn1. The molecule has 9 heteroatoms. The summed E-state index contributed by atoms with van der Waals surface area (Å²) in [4.78, 5) is 38.1. The van der Waals surface area contributed by atoms with Crippen molar-refractivity contribution in [3.05, 3.63) is 53.1 Å². The molecule has 29 heavy (non-hydrogen) atoms. The van der Waals surface area contributed by atoms with Crippen molar-refractivity contribution >= 4 is 46.8 Å². The van der Waals surface area contributed by atoms with E-state index < -0.39 is 0 Å². The first-order valence-corrected chi connectivity index (χ1v) is 9.54. The fourth-order valence-electron chi connectivity index (χ4n) is 2.27. The summed E-state index contributed by atoms with van der Waals surface area (Å²) in [7, 11) is 1.93. The Hall–Kier alpha value is -3.33. The summed E-state index contributed by atoms with van der Waals surface area (Å²) >= 11 is 0.900. The van der Waals surface area contributed by atoms with Gasteiger partial charge in [-0.15, -0.1) is 0 Å². The summed E-state index contributed by atoms with van der Waals surface area (Å²) < 4.78 is 5.73. The number of ether oxygens (including phenoxy) is 1. The summed E-state index contributed by atoms with van der Waals surface area (Å²) in [5, 5.41) is 1.88. The van der Waals surface area contributed by atoms with Crippen molar-refractivity contribution in [3.63, 3.8) is 0 Å². The van der Waals surface area contributed by atoms with E-state index in [1.165, 1.54) is 6.92 Å². The zero-order valence-electron chi connectivity index (χ0n) is 16.1.